The molecule has 0 N–H and O–H groups in total. The Labute approximate surface area is 196 Å². The standard InChI is InChI=1S/C27H26O7/c1-4-30-22-13-18(14-23(31-5-2)26(22)32-6-3)27(29)33-16-19-15-24(28)34-21-12-11-17-9-7-8-10-20(17)25(19)21/h7-15H,4-6,16H2,1-3H3. The summed E-state index contributed by atoms with van der Waals surface area (Å²) in [7, 11) is 0. The van der Waals surface area contributed by atoms with Gasteiger partial charge in [0.05, 0.1) is 25.4 Å². The lowest BCUT2D eigenvalue weighted by Gasteiger charge is -2.17. The van der Waals surface area contributed by atoms with Gasteiger partial charge in [-0.05, 0) is 49.7 Å². The van der Waals surface area contributed by atoms with E-state index in [1.54, 1.807) is 18.2 Å². The van der Waals surface area contributed by atoms with Gasteiger partial charge in [-0.15, -0.1) is 0 Å². The third kappa shape index (κ3) is 4.69. The maximum absolute atomic E-state index is 13.0. The third-order valence-corrected chi connectivity index (χ3v) is 5.22. The van der Waals surface area contributed by atoms with Crippen molar-refractivity contribution in [2.24, 2.45) is 0 Å². The van der Waals surface area contributed by atoms with E-state index in [-0.39, 0.29) is 12.2 Å². The van der Waals surface area contributed by atoms with E-state index in [1.807, 2.05) is 51.1 Å². The Kier molecular flexibility index (Phi) is 7.01. The van der Waals surface area contributed by atoms with Gasteiger partial charge in [0.1, 0.15) is 12.2 Å². The van der Waals surface area contributed by atoms with Gasteiger partial charge in [0, 0.05) is 17.0 Å². The third-order valence-electron chi connectivity index (χ3n) is 5.22. The van der Waals surface area contributed by atoms with Crippen LogP contribution in [0, 0.1) is 0 Å². The normalized spacial score (nSPS) is 10.9. The molecule has 0 spiro atoms. The van der Waals surface area contributed by atoms with Crippen LogP contribution in [0.25, 0.3) is 21.7 Å². The van der Waals surface area contributed by atoms with Crippen LogP contribution >= 0.6 is 0 Å². The molecule has 0 amide bonds. The molecule has 0 saturated heterocycles. The number of esters is 1. The minimum atomic E-state index is -0.577. The van der Waals surface area contributed by atoms with Crippen LogP contribution in [0.2, 0.25) is 0 Å². The molecule has 0 radical (unpaired) electrons. The highest BCUT2D eigenvalue weighted by Gasteiger charge is 2.20. The first-order valence-electron chi connectivity index (χ1n) is 11.2. The predicted molar refractivity (Wildman–Crippen MR) is 129 cm³/mol. The molecule has 0 fully saturated rings. The van der Waals surface area contributed by atoms with Crippen molar-refractivity contribution in [3.8, 4) is 17.2 Å². The molecule has 7 heteroatoms. The summed E-state index contributed by atoms with van der Waals surface area (Å²) in [5.41, 5.74) is 0.757. The summed E-state index contributed by atoms with van der Waals surface area (Å²) in [6.07, 6.45) is 0. The highest BCUT2D eigenvalue weighted by atomic mass is 16.5. The SMILES string of the molecule is CCOc1cc(C(=O)OCc2cc(=O)oc3ccc4ccccc4c23)cc(OCC)c1OCC. The molecular formula is C27H26O7. The van der Waals surface area contributed by atoms with Crippen molar-refractivity contribution in [3.05, 3.63) is 76.1 Å². The molecule has 4 rings (SSSR count). The minimum Gasteiger partial charge on any atom is -0.490 e. The van der Waals surface area contributed by atoms with Gasteiger partial charge in [-0.2, -0.15) is 0 Å². The molecule has 3 aromatic carbocycles. The van der Waals surface area contributed by atoms with E-state index in [4.69, 9.17) is 23.4 Å². The minimum absolute atomic E-state index is 0.101. The van der Waals surface area contributed by atoms with E-state index >= 15 is 0 Å². The van der Waals surface area contributed by atoms with E-state index in [2.05, 4.69) is 0 Å². The predicted octanol–water partition coefficient (Wildman–Crippen LogP) is 5.50. The van der Waals surface area contributed by atoms with Crippen LogP contribution in [0.5, 0.6) is 17.2 Å². The molecule has 176 valence electrons. The van der Waals surface area contributed by atoms with Gasteiger partial charge in [0.25, 0.3) is 0 Å². The topological polar surface area (TPSA) is 84.2 Å². The average molecular weight is 462 g/mol. The molecule has 0 aliphatic heterocycles. The summed E-state index contributed by atoms with van der Waals surface area (Å²) in [4.78, 5) is 25.1. The zero-order chi connectivity index (χ0) is 24.1. The van der Waals surface area contributed by atoms with E-state index in [1.165, 1.54) is 6.07 Å². The second-order valence-corrected chi connectivity index (χ2v) is 7.43. The molecule has 0 atom stereocenters. The average Bonchev–Trinajstić information content (AvgIpc) is 2.84. The Balaban J connectivity index is 1.69. The first-order chi connectivity index (χ1) is 16.5. The summed E-state index contributed by atoms with van der Waals surface area (Å²) >= 11 is 0. The van der Waals surface area contributed by atoms with Gasteiger partial charge in [-0.3, -0.25) is 0 Å². The van der Waals surface area contributed by atoms with Crippen LogP contribution in [0.3, 0.4) is 0 Å². The van der Waals surface area contributed by atoms with Crippen molar-refractivity contribution in [2.45, 2.75) is 27.4 Å². The molecule has 0 aliphatic carbocycles. The number of hydrogen-bond donors (Lipinski definition) is 0. The lowest BCUT2D eigenvalue weighted by molar-refractivity contribution is 0.0472. The van der Waals surface area contributed by atoms with Crippen LogP contribution in [-0.4, -0.2) is 25.8 Å². The number of fused-ring (bicyclic) bond motifs is 3. The van der Waals surface area contributed by atoms with Crippen molar-refractivity contribution in [3.63, 3.8) is 0 Å². The Morgan fingerprint density at radius 1 is 0.853 bits per heavy atom. The molecule has 4 aromatic rings. The van der Waals surface area contributed by atoms with Crippen LogP contribution in [0.1, 0.15) is 36.7 Å². The quantitative estimate of drug-likeness (QED) is 0.184. The second-order valence-electron chi connectivity index (χ2n) is 7.43. The van der Waals surface area contributed by atoms with Gasteiger partial charge in [0.15, 0.2) is 11.5 Å². The summed E-state index contributed by atoms with van der Waals surface area (Å²) in [6.45, 7) is 6.65. The zero-order valence-electron chi connectivity index (χ0n) is 19.4. The Morgan fingerprint density at radius 3 is 2.21 bits per heavy atom. The fourth-order valence-corrected chi connectivity index (χ4v) is 3.87. The maximum Gasteiger partial charge on any atom is 0.338 e. The number of benzene rings is 3. The largest absolute Gasteiger partial charge is 0.490 e. The van der Waals surface area contributed by atoms with Gasteiger partial charge in [-0.25, -0.2) is 9.59 Å². The van der Waals surface area contributed by atoms with Crippen LogP contribution in [0.15, 0.2) is 63.8 Å². The van der Waals surface area contributed by atoms with Crippen molar-refractivity contribution in [1.82, 2.24) is 0 Å². The zero-order valence-corrected chi connectivity index (χ0v) is 19.4. The molecule has 0 saturated carbocycles. The molecule has 7 nitrogen and oxygen atoms in total. The molecule has 0 unspecified atom stereocenters. The van der Waals surface area contributed by atoms with Crippen LogP contribution < -0.4 is 19.8 Å². The number of carbonyl (C=O) groups is 1. The van der Waals surface area contributed by atoms with E-state index in [0.717, 1.165) is 16.2 Å². The Hall–Kier alpha value is -4.00. The second kappa shape index (κ2) is 10.3. The number of carbonyl (C=O) groups excluding carboxylic acids is 1. The molecule has 0 aliphatic rings. The van der Waals surface area contributed by atoms with E-state index < -0.39 is 11.6 Å². The Bertz CT molecular complexity index is 1360. The van der Waals surface area contributed by atoms with E-state index in [0.29, 0.717) is 48.2 Å². The van der Waals surface area contributed by atoms with Gasteiger partial charge < -0.3 is 23.4 Å². The van der Waals surface area contributed by atoms with Crippen LogP contribution in [0.4, 0.5) is 0 Å². The molecule has 1 heterocycles. The molecule has 34 heavy (non-hydrogen) atoms. The summed E-state index contributed by atoms with van der Waals surface area (Å²) in [5.74, 6) is 0.672. The number of ether oxygens (including phenoxy) is 4. The molecule has 0 bridgehead atoms. The maximum atomic E-state index is 13.0. The van der Waals surface area contributed by atoms with Gasteiger partial charge in [0.2, 0.25) is 5.75 Å². The number of rotatable bonds is 9. The monoisotopic (exact) mass is 462 g/mol. The highest BCUT2D eigenvalue weighted by Crippen LogP contribution is 2.39. The van der Waals surface area contributed by atoms with Crippen molar-refractivity contribution < 1.29 is 28.2 Å². The summed E-state index contributed by atoms with van der Waals surface area (Å²) in [6, 6.07) is 15.9. The van der Waals surface area contributed by atoms with Crippen LogP contribution in [-0.2, 0) is 11.3 Å². The highest BCUT2D eigenvalue weighted by molar-refractivity contribution is 6.07. The van der Waals surface area contributed by atoms with Gasteiger partial charge in [-0.1, -0.05) is 30.3 Å². The van der Waals surface area contributed by atoms with E-state index in [9.17, 15) is 9.59 Å². The summed E-state index contributed by atoms with van der Waals surface area (Å²) in [5, 5.41) is 2.64. The molecule has 1 aromatic heterocycles. The Morgan fingerprint density at radius 2 is 1.53 bits per heavy atom. The van der Waals surface area contributed by atoms with Gasteiger partial charge >= 0.3 is 11.6 Å². The van der Waals surface area contributed by atoms with Crippen molar-refractivity contribution in [2.75, 3.05) is 19.8 Å². The fourth-order valence-electron chi connectivity index (χ4n) is 3.87. The fraction of sp³-hybridized carbons (Fsp3) is 0.259. The molecular weight excluding hydrogens is 436 g/mol. The van der Waals surface area contributed by atoms with Crippen molar-refractivity contribution in [1.29, 1.82) is 0 Å². The first kappa shape index (κ1) is 23.2. The summed E-state index contributed by atoms with van der Waals surface area (Å²) < 4.78 is 28.1. The number of hydrogen-bond acceptors (Lipinski definition) is 7. The van der Waals surface area contributed by atoms with Crippen molar-refractivity contribution >= 4 is 27.7 Å². The lowest BCUT2D eigenvalue weighted by Crippen LogP contribution is -2.10. The first-order valence-corrected chi connectivity index (χ1v) is 11.2. The smallest absolute Gasteiger partial charge is 0.338 e. The lowest BCUT2D eigenvalue weighted by atomic mass is 10.0.